The average molecular weight is 301 g/mol. The van der Waals surface area contributed by atoms with Crippen LogP contribution >= 0.6 is 0 Å². The van der Waals surface area contributed by atoms with Gasteiger partial charge in [-0.3, -0.25) is 0 Å². The third kappa shape index (κ3) is 2.78. The van der Waals surface area contributed by atoms with Crippen molar-refractivity contribution in [2.45, 2.75) is 57.8 Å². The standard InChI is InChI=1S/C20H31NO/c1-4-21-12-10-16-13-15-8-9-17(22-3)14-19(15)20(2)11-6-5-7-18(16)20/h8-9,14,16,18,21H,4-7,10-13H2,1-3H3/t16-,18-,20-/m0/s1. The first-order chi connectivity index (χ1) is 10.7. The molecule has 0 radical (unpaired) electrons. The predicted molar refractivity (Wildman–Crippen MR) is 92.7 cm³/mol. The van der Waals surface area contributed by atoms with Gasteiger partial charge in [-0.05, 0) is 79.3 Å². The summed E-state index contributed by atoms with van der Waals surface area (Å²) in [5.74, 6) is 2.71. The third-order valence-electron chi connectivity index (χ3n) is 6.20. The fourth-order valence-electron chi connectivity index (χ4n) is 5.04. The van der Waals surface area contributed by atoms with Gasteiger partial charge in [0.1, 0.15) is 5.75 Å². The molecule has 22 heavy (non-hydrogen) atoms. The van der Waals surface area contributed by atoms with Crippen molar-refractivity contribution in [1.29, 1.82) is 0 Å². The monoisotopic (exact) mass is 301 g/mol. The van der Waals surface area contributed by atoms with Crippen molar-refractivity contribution < 1.29 is 4.74 Å². The van der Waals surface area contributed by atoms with Gasteiger partial charge in [0.15, 0.2) is 0 Å². The van der Waals surface area contributed by atoms with Crippen molar-refractivity contribution in [3.05, 3.63) is 29.3 Å². The Morgan fingerprint density at radius 2 is 2.18 bits per heavy atom. The van der Waals surface area contributed by atoms with Crippen molar-refractivity contribution in [3.63, 3.8) is 0 Å². The van der Waals surface area contributed by atoms with E-state index in [0.29, 0.717) is 5.41 Å². The van der Waals surface area contributed by atoms with Gasteiger partial charge in [-0.2, -0.15) is 0 Å². The molecule has 0 spiro atoms. The van der Waals surface area contributed by atoms with Crippen LogP contribution in [0.25, 0.3) is 0 Å². The number of benzene rings is 1. The Hall–Kier alpha value is -1.02. The van der Waals surface area contributed by atoms with Crippen LogP contribution in [0.2, 0.25) is 0 Å². The fraction of sp³-hybridized carbons (Fsp3) is 0.700. The topological polar surface area (TPSA) is 21.3 Å². The second-order valence-electron chi connectivity index (χ2n) is 7.40. The Kier molecular flexibility index (Phi) is 4.77. The fourth-order valence-corrected chi connectivity index (χ4v) is 5.04. The van der Waals surface area contributed by atoms with E-state index < -0.39 is 0 Å². The Bertz CT molecular complexity index is 512. The molecule has 1 fully saturated rings. The predicted octanol–water partition coefficient (Wildman–Crippen LogP) is 4.32. The van der Waals surface area contributed by atoms with Crippen LogP contribution in [0.15, 0.2) is 18.2 Å². The number of ether oxygens (including phenoxy) is 1. The number of methoxy groups -OCH3 is 1. The Morgan fingerprint density at radius 3 is 2.95 bits per heavy atom. The van der Waals surface area contributed by atoms with Crippen LogP contribution in [0.3, 0.4) is 0 Å². The van der Waals surface area contributed by atoms with Crippen LogP contribution in [0, 0.1) is 11.8 Å². The maximum absolute atomic E-state index is 5.50. The van der Waals surface area contributed by atoms with Crippen LogP contribution in [0.5, 0.6) is 5.75 Å². The second kappa shape index (κ2) is 6.62. The number of hydrogen-bond donors (Lipinski definition) is 1. The smallest absolute Gasteiger partial charge is 0.119 e. The molecule has 1 aromatic rings. The van der Waals surface area contributed by atoms with Crippen LogP contribution in [0.4, 0.5) is 0 Å². The van der Waals surface area contributed by atoms with E-state index >= 15 is 0 Å². The molecule has 2 heteroatoms. The minimum atomic E-state index is 0.358. The van der Waals surface area contributed by atoms with Gasteiger partial charge in [-0.15, -0.1) is 0 Å². The van der Waals surface area contributed by atoms with Gasteiger partial charge in [-0.1, -0.05) is 32.8 Å². The van der Waals surface area contributed by atoms with E-state index in [4.69, 9.17) is 4.74 Å². The molecule has 2 aliphatic carbocycles. The summed E-state index contributed by atoms with van der Waals surface area (Å²) in [7, 11) is 1.78. The van der Waals surface area contributed by atoms with Crippen molar-refractivity contribution >= 4 is 0 Å². The molecule has 0 saturated heterocycles. The highest BCUT2D eigenvalue weighted by Gasteiger charge is 2.46. The molecule has 2 nitrogen and oxygen atoms in total. The summed E-state index contributed by atoms with van der Waals surface area (Å²) in [5.41, 5.74) is 3.51. The van der Waals surface area contributed by atoms with Crippen LogP contribution in [-0.2, 0) is 11.8 Å². The summed E-state index contributed by atoms with van der Waals surface area (Å²) in [4.78, 5) is 0. The summed E-state index contributed by atoms with van der Waals surface area (Å²) in [6.45, 7) is 6.98. The highest BCUT2D eigenvalue weighted by Crippen LogP contribution is 2.53. The third-order valence-corrected chi connectivity index (χ3v) is 6.20. The molecule has 0 heterocycles. The molecule has 122 valence electrons. The summed E-state index contributed by atoms with van der Waals surface area (Å²) in [6.07, 6.45) is 8.12. The largest absolute Gasteiger partial charge is 0.497 e. The second-order valence-corrected chi connectivity index (χ2v) is 7.40. The zero-order valence-corrected chi connectivity index (χ0v) is 14.5. The van der Waals surface area contributed by atoms with Gasteiger partial charge in [0, 0.05) is 0 Å². The molecule has 3 atom stereocenters. The van der Waals surface area contributed by atoms with E-state index in [9.17, 15) is 0 Å². The normalized spacial score (nSPS) is 30.5. The van der Waals surface area contributed by atoms with E-state index in [1.165, 1.54) is 45.1 Å². The zero-order valence-electron chi connectivity index (χ0n) is 14.5. The van der Waals surface area contributed by atoms with Gasteiger partial charge in [-0.25, -0.2) is 0 Å². The molecule has 3 rings (SSSR count). The minimum Gasteiger partial charge on any atom is -0.497 e. The van der Waals surface area contributed by atoms with Crippen molar-refractivity contribution in [3.8, 4) is 5.75 Å². The van der Waals surface area contributed by atoms with Crippen LogP contribution in [0.1, 0.15) is 57.1 Å². The Balaban J connectivity index is 1.92. The molecular weight excluding hydrogens is 270 g/mol. The van der Waals surface area contributed by atoms with Gasteiger partial charge < -0.3 is 10.1 Å². The summed E-state index contributed by atoms with van der Waals surface area (Å²) in [6, 6.07) is 6.80. The molecule has 0 bridgehead atoms. The molecule has 1 saturated carbocycles. The molecule has 0 unspecified atom stereocenters. The number of rotatable bonds is 5. The van der Waals surface area contributed by atoms with Crippen molar-refractivity contribution in [1.82, 2.24) is 5.32 Å². The SMILES string of the molecule is CCNCC[C@H]1Cc2ccc(OC)cc2[C@@]2(C)CCCC[C@@H]12. The molecule has 0 aromatic heterocycles. The number of hydrogen-bond acceptors (Lipinski definition) is 2. The maximum atomic E-state index is 5.50. The summed E-state index contributed by atoms with van der Waals surface area (Å²) in [5, 5.41) is 3.53. The molecule has 0 aliphatic heterocycles. The van der Waals surface area contributed by atoms with E-state index in [2.05, 4.69) is 37.4 Å². The molecule has 1 aromatic carbocycles. The molecule has 1 N–H and O–H groups in total. The number of fused-ring (bicyclic) bond motifs is 3. The van der Waals surface area contributed by atoms with Gasteiger partial charge in [0.25, 0.3) is 0 Å². The van der Waals surface area contributed by atoms with Gasteiger partial charge >= 0.3 is 0 Å². The molecule has 0 amide bonds. The quantitative estimate of drug-likeness (QED) is 0.818. The van der Waals surface area contributed by atoms with Gasteiger partial charge in [0.05, 0.1) is 7.11 Å². The van der Waals surface area contributed by atoms with E-state index in [0.717, 1.165) is 24.1 Å². The van der Waals surface area contributed by atoms with E-state index in [1.54, 1.807) is 18.2 Å². The lowest BCUT2D eigenvalue weighted by Gasteiger charge is -2.50. The maximum Gasteiger partial charge on any atom is 0.119 e. The van der Waals surface area contributed by atoms with Crippen molar-refractivity contribution in [2.75, 3.05) is 20.2 Å². The van der Waals surface area contributed by atoms with Crippen molar-refractivity contribution in [2.24, 2.45) is 11.8 Å². The Morgan fingerprint density at radius 1 is 1.32 bits per heavy atom. The number of nitrogens with one attached hydrogen (secondary N) is 1. The molecule has 2 aliphatic rings. The first kappa shape index (κ1) is 15.9. The summed E-state index contributed by atoms with van der Waals surface area (Å²) < 4.78 is 5.50. The van der Waals surface area contributed by atoms with E-state index in [-0.39, 0.29) is 0 Å². The van der Waals surface area contributed by atoms with Gasteiger partial charge in [0.2, 0.25) is 0 Å². The lowest BCUT2D eigenvalue weighted by atomic mass is 9.54. The highest BCUT2D eigenvalue weighted by atomic mass is 16.5. The minimum absolute atomic E-state index is 0.358. The summed E-state index contributed by atoms with van der Waals surface area (Å²) >= 11 is 0. The Labute approximate surface area is 135 Å². The average Bonchev–Trinajstić information content (AvgIpc) is 2.54. The first-order valence-corrected chi connectivity index (χ1v) is 9.07. The lowest BCUT2D eigenvalue weighted by Crippen LogP contribution is -2.45. The van der Waals surface area contributed by atoms with Crippen LogP contribution < -0.4 is 10.1 Å². The first-order valence-electron chi connectivity index (χ1n) is 9.07. The highest BCUT2D eigenvalue weighted by molar-refractivity contribution is 5.43. The lowest BCUT2D eigenvalue weighted by molar-refractivity contribution is 0.111. The van der Waals surface area contributed by atoms with Crippen LogP contribution in [-0.4, -0.2) is 20.2 Å². The van der Waals surface area contributed by atoms with E-state index in [1.807, 2.05) is 0 Å². The zero-order chi connectivity index (χ0) is 15.6. The molecular formula is C20H31NO.